The largest absolute Gasteiger partial charge is 0.382 e. The second-order valence-corrected chi connectivity index (χ2v) is 4.18. The number of hydrogen-bond acceptors (Lipinski definition) is 1. The molecule has 3 heteroatoms. The molecule has 84 valence electrons. The molecule has 0 aliphatic heterocycles. The molecule has 2 rings (SSSR count). The van der Waals surface area contributed by atoms with Gasteiger partial charge in [0.25, 0.3) is 0 Å². The van der Waals surface area contributed by atoms with E-state index in [4.69, 9.17) is 11.6 Å². The molecule has 1 saturated carbocycles. The van der Waals surface area contributed by atoms with E-state index in [9.17, 15) is 0 Å². The van der Waals surface area contributed by atoms with Crippen LogP contribution in [0, 0.1) is 0 Å². The lowest BCUT2D eigenvalue weighted by molar-refractivity contribution is 0.754. The summed E-state index contributed by atoms with van der Waals surface area (Å²) in [6.07, 6.45) is 5.33. The molecule has 1 aliphatic rings. The maximum Gasteiger partial charge on any atom is 0.0494 e. The van der Waals surface area contributed by atoms with E-state index >= 15 is 0 Å². The van der Waals surface area contributed by atoms with E-state index in [1.165, 1.54) is 36.9 Å². The molecule has 0 heterocycles. The number of benzene rings is 1. The average Bonchev–Trinajstić information content (AvgIpc) is 2.71. The minimum Gasteiger partial charge on any atom is -0.382 e. The minimum atomic E-state index is 0. The van der Waals surface area contributed by atoms with Gasteiger partial charge in [-0.1, -0.05) is 31.0 Å². The first-order chi connectivity index (χ1) is 6.90. The molecule has 1 aliphatic carbocycles. The Balaban J connectivity index is 0.00000112. The van der Waals surface area contributed by atoms with Crippen LogP contribution in [0.5, 0.6) is 0 Å². The molecule has 0 aromatic heterocycles. The smallest absolute Gasteiger partial charge is 0.0494 e. The van der Waals surface area contributed by atoms with Crippen LogP contribution in [-0.4, -0.2) is 6.04 Å². The normalized spacial score (nSPS) is 16.1. The first kappa shape index (κ1) is 12.7. The number of alkyl halides is 1. The predicted molar refractivity (Wildman–Crippen MR) is 69.1 cm³/mol. The van der Waals surface area contributed by atoms with Crippen LogP contribution in [0.4, 0.5) is 5.69 Å². The summed E-state index contributed by atoms with van der Waals surface area (Å²) >= 11 is 5.88. The van der Waals surface area contributed by atoms with E-state index in [2.05, 4.69) is 23.5 Å². The SMILES string of the molecule is Cl.ClCc1ccccc1NC1CCCC1. The highest BCUT2D eigenvalue weighted by atomic mass is 35.5. The van der Waals surface area contributed by atoms with Crippen molar-refractivity contribution in [2.75, 3.05) is 5.32 Å². The van der Waals surface area contributed by atoms with Crippen LogP contribution < -0.4 is 5.32 Å². The highest BCUT2D eigenvalue weighted by Gasteiger charge is 2.15. The minimum absolute atomic E-state index is 0. The zero-order chi connectivity index (χ0) is 9.80. The third-order valence-corrected chi connectivity index (χ3v) is 3.16. The van der Waals surface area contributed by atoms with Gasteiger partial charge in [-0.05, 0) is 24.5 Å². The highest BCUT2D eigenvalue weighted by molar-refractivity contribution is 6.17. The molecule has 0 spiro atoms. The number of rotatable bonds is 3. The van der Waals surface area contributed by atoms with Crippen LogP contribution in [0.3, 0.4) is 0 Å². The van der Waals surface area contributed by atoms with Crippen LogP contribution in [0.2, 0.25) is 0 Å². The van der Waals surface area contributed by atoms with Crippen LogP contribution in [0.15, 0.2) is 24.3 Å². The van der Waals surface area contributed by atoms with Gasteiger partial charge < -0.3 is 5.32 Å². The quantitative estimate of drug-likeness (QED) is 0.788. The van der Waals surface area contributed by atoms with Gasteiger partial charge in [-0.25, -0.2) is 0 Å². The van der Waals surface area contributed by atoms with E-state index in [1.54, 1.807) is 0 Å². The van der Waals surface area contributed by atoms with E-state index in [0.717, 1.165) is 0 Å². The van der Waals surface area contributed by atoms with E-state index in [0.29, 0.717) is 11.9 Å². The third kappa shape index (κ3) is 3.29. The van der Waals surface area contributed by atoms with E-state index in [1.807, 2.05) is 6.07 Å². The summed E-state index contributed by atoms with van der Waals surface area (Å²) in [5, 5.41) is 3.58. The van der Waals surface area contributed by atoms with Gasteiger partial charge in [0, 0.05) is 17.6 Å². The molecule has 1 nitrogen and oxygen atoms in total. The average molecular weight is 246 g/mol. The monoisotopic (exact) mass is 245 g/mol. The summed E-state index contributed by atoms with van der Waals surface area (Å²) in [4.78, 5) is 0. The fraction of sp³-hybridized carbons (Fsp3) is 0.500. The van der Waals surface area contributed by atoms with Gasteiger partial charge in [0.1, 0.15) is 0 Å². The van der Waals surface area contributed by atoms with Gasteiger partial charge >= 0.3 is 0 Å². The predicted octanol–water partition coefficient (Wildman–Crippen LogP) is 4.20. The molecule has 0 radical (unpaired) electrons. The lowest BCUT2D eigenvalue weighted by Gasteiger charge is -2.15. The van der Waals surface area contributed by atoms with Crippen molar-refractivity contribution in [2.45, 2.75) is 37.6 Å². The van der Waals surface area contributed by atoms with E-state index < -0.39 is 0 Å². The zero-order valence-electron chi connectivity index (χ0n) is 8.71. The highest BCUT2D eigenvalue weighted by Crippen LogP contribution is 2.24. The molecular formula is C12H17Cl2N. The number of nitrogens with one attached hydrogen (secondary N) is 1. The number of para-hydroxylation sites is 1. The molecule has 0 unspecified atom stereocenters. The van der Waals surface area contributed by atoms with Crippen molar-refractivity contribution in [1.82, 2.24) is 0 Å². The molecule has 1 N–H and O–H groups in total. The van der Waals surface area contributed by atoms with Gasteiger partial charge in [-0.15, -0.1) is 24.0 Å². The Bertz CT molecular complexity index is 295. The molecule has 1 aromatic carbocycles. The third-order valence-electron chi connectivity index (χ3n) is 2.88. The first-order valence-corrected chi connectivity index (χ1v) is 5.84. The molecule has 15 heavy (non-hydrogen) atoms. The molecule has 0 amide bonds. The lowest BCUT2D eigenvalue weighted by atomic mass is 10.1. The lowest BCUT2D eigenvalue weighted by Crippen LogP contribution is -2.15. The second-order valence-electron chi connectivity index (χ2n) is 3.92. The Morgan fingerprint density at radius 2 is 1.87 bits per heavy atom. The number of halogens is 2. The fourth-order valence-electron chi connectivity index (χ4n) is 2.07. The molecule has 1 aromatic rings. The summed E-state index contributed by atoms with van der Waals surface area (Å²) in [7, 11) is 0. The van der Waals surface area contributed by atoms with Crippen molar-refractivity contribution in [2.24, 2.45) is 0 Å². The Labute approximate surface area is 103 Å². The van der Waals surface area contributed by atoms with Gasteiger partial charge in [-0.3, -0.25) is 0 Å². The summed E-state index contributed by atoms with van der Waals surface area (Å²) in [6, 6.07) is 8.98. The Morgan fingerprint density at radius 1 is 1.20 bits per heavy atom. The molecule has 0 saturated heterocycles. The van der Waals surface area contributed by atoms with Crippen LogP contribution in [0.25, 0.3) is 0 Å². The van der Waals surface area contributed by atoms with Gasteiger partial charge in [0.2, 0.25) is 0 Å². The summed E-state index contributed by atoms with van der Waals surface area (Å²) < 4.78 is 0. The van der Waals surface area contributed by atoms with Crippen molar-refractivity contribution in [1.29, 1.82) is 0 Å². The van der Waals surface area contributed by atoms with Gasteiger partial charge in [0.05, 0.1) is 0 Å². The van der Waals surface area contributed by atoms with Crippen LogP contribution >= 0.6 is 24.0 Å². The van der Waals surface area contributed by atoms with Gasteiger partial charge in [0.15, 0.2) is 0 Å². The molecular weight excluding hydrogens is 229 g/mol. The standard InChI is InChI=1S/C12H16ClN.ClH/c13-9-10-5-1-4-8-12(10)14-11-6-2-3-7-11;/h1,4-5,8,11,14H,2-3,6-7,9H2;1H. The van der Waals surface area contributed by atoms with Crippen LogP contribution in [0.1, 0.15) is 31.2 Å². The second kappa shape index (κ2) is 6.24. The Hall–Kier alpha value is -0.400. The molecule has 0 atom stereocenters. The van der Waals surface area contributed by atoms with Crippen molar-refractivity contribution < 1.29 is 0 Å². The maximum atomic E-state index is 5.88. The topological polar surface area (TPSA) is 12.0 Å². The number of hydrogen-bond donors (Lipinski definition) is 1. The van der Waals surface area contributed by atoms with Crippen molar-refractivity contribution in [3.05, 3.63) is 29.8 Å². The van der Waals surface area contributed by atoms with Crippen LogP contribution in [-0.2, 0) is 5.88 Å². The summed E-state index contributed by atoms with van der Waals surface area (Å²) in [5.41, 5.74) is 2.43. The number of anilines is 1. The Morgan fingerprint density at radius 3 is 2.53 bits per heavy atom. The van der Waals surface area contributed by atoms with Crippen molar-refractivity contribution >= 4 is 29.7 Å². The van der Waals surface area contributed by atoms with E-state index in [-0.39, 0.29) is 12.4 Å². The maximum absolute atomic E-state index is 5.88. The molecule has 0 bridgehead atoms. The zero-order valence-corrected chi connectivity index (χ0v) is 10.3. The Kier molecular flexibility index (Phi) is 5.27. The van der Waals surface area contributed by atoms with Crippen molar-refractivity contribution in [3.63, 3.8) is 0 Å². The summed E-state index contributed by atoms with van der Waals surface area (Å²) in [6.45, 7) is 0. The summed E-state index contributed by atoms with van der Waals surface area (Å²) in [5.74, 6) is 0.593. The fourth-order valence-corrected chi connectivity index (χ4v) is 2.30. The van der Waals surface area contributed by atoms with Gasteiger partial charge in [-0.2, -0.15) is 0 Å². The molecule has 1 fully saturated rings. The van der Waals surface area contributed by atoms with Crippen molar-refractivity contribution in [3.8, 4) is 0 Å². The first-order valence-electron chi connectivity index (χ1n) is 5.30.